The summed E-state index contributed by atoms with van der Waals surface area (Å²) in [5.41, 5.74) is 3.32. The van der Waals surface area contributed by atoms with E-state index in [2.05, 4.69) is 12.6 Å². The van der Waals surface area contributed by atoms with E-state index in [1.807, 2.05) is 19.1 Å². The molecule has 2 rings (SSSR count). The van der Waals surface area contributed by atoms with E-state index in [9.17, 15) is 5.11 Å². The van der Waals surface area contributed by atoms with E-state index in [0.717, 1.165) is 42.8 Å². The number of aliphatic hydroxyl groups is 1. The maximum atomic E-state index is 10.0. The monoisotopic (exact) mass is 218 g/mol. The zero-order valence-electron chi connectivity index (χ0n) is 9.70. The van der Waals surface area contributed by atoms with Gasteiger partial charge in [0.1, 0.15) is 5.75 Å². The van der Waals surface area contributed by atoms with Crippen LogP contribution in [0.25, 0.3) is 0 Å². The van der Waals surface area contributed by atoms with Crippen LogP contribution in [-0.4, -0.2) is 11.7 Å². The third kappa shape index (κ3) is 2.45. The van der Waals surface area contributed by atoms with E-state index in [-0.39, 0.29) is 6.10 Å². The smallest absolute Gasteiger partial charge is 0.122 e. The van der Waals surface area contributed by atoms with Gasteiger partial charge in [-0.1, -0.05) is 11.6 Å². The third-order valence-corrected chi connectivity index (χ3v) is 2.94. The summed E-state index contributed by atoms with van der Waals surface area (Å²) in [6.07, 6.45) is 2.18. The normalized spacial score (nSPS) is 15.4. The van der Waals surface area contributed by atoms with Crippen LogP contribution >= 0.6 is 0 Å². The van der Waals surface area contributed by atoms with Crippen LogP contribution in [0, 0.1) is 0 Å². The Morgan fingerprint density at radius 3 is 3.12 bits per heavy atom. The lowest BCUT2D eigenvalue weighted by Crippen LogP contribution is -1.98. The Hall–Kier alpha value is -1.28. The molecule has 1 atom stereocenters. The molecule has 0 radical (unpaired) electrons. The van der Waals surface area contributed by atoms with Gasteiger partial charge in [-0.05, 0) is 43.0 Å². The summed E-state index contributed by atoms with van der Waals surface area (Å²) in [5, 5.41) is 10.0. The Morgan fingerprint density at radius 2 is 2.38 bits per heavy atom. The summed E-state index contributed by atoms with van der Waals surface area (Å²) in [4.78, 5) is 0. The predicted octanol–water partition coefficient (Wildman–Crippen LogP) is 3.01. The number of rotatable bonds is 4. The fourth-order valence-corrected chi connectivity index (χ4v) is 1.96. The van der Waals surface area contributed by atoms with Crippen LogP contribution in [0.15, 0.2) is 30.4 Å². The molecule has 1 N–H and O–H groups in total. The van der Waals surface area contributed by atoms with Crippen molar-refractivity contribution in [1.82, 2.24) is 0 Å². The van der Waals surface area contributed by atoms with Crippen LogP contribution in [0.5, 0.6) is 5.75 Å². The highest BCUT2D eigenvalue weighted by atomic mass is 16.5. The number of benzene rings is 1. The van der Waals surface area contributed by atoms with Crippen molar-refractivity contribution in [3.8, 4) is 5.75 Å². The quantitative estimate of drug-likeness (QED) is 0.787. The van der Waals surface area contributed by atoms with E-state index in [4.69, 9.17) is 4.74 Å². The number of allylic oxidation sites excluding steroid dienone is 1. The van der Waals surface area contributed by atoms with Gasteiger partial charge in [-0.25, -0.2) is 0 Å². The van der Waals surface area contributed by atoms with Gasteiger partial charge in [0.25, 0.3) is 0 Å². The van der Waals surface area contributed by atoms with Gasteiger partial charge in [0.15, 0.2) is 0 Å². The highest BCUT2D eigenvalue weighted by molar-refractivity contribution is 5.40. The second-order valence-corrected chi connectivity index (χ2v) is 4.48. The first-order valence-corrected chi connectivity index (χ1v) is 5.75. The summed E-state index contributed by atoms with van der Waals surface area (Å²) in [6.45, 7) is 6.60. The van der Waals surface area contributed by atoms with Gasteiger partial charge >= 0.3 is 0 Å². The molecule has 1 aromatic rings. The minimum atomic E-state index is -0.386. The van der Waals surface area contributed by atoms with Gasteiger partial charge in [-0.2, -0.15) is 0 Å². The molecule has 1 unspecified atom stereocenters. The average molecular weight is 218 g/mol. The Morgan fingerprint density at radius 1 is 1.56 bits per heavy atom. The number of aliphatic hydroxyl groups excluding tert-OH is 1. The molecular weight excluding hydrogens is 200 g/mol. The zero-order valence-corrected chi connectivity index (χ0v) is 9.70. The minimum absolute atomic E-state index is 0.386. The van der Waals surface area contributed by atoms with Crippen molar-refractivity contribution >= 4 is 0 Å². The number of fused-ring (bicyclic) bond motifs is 1. The van der Waals surface area contributed by atoms with Crippen LogP contribution in [-0.2, 0) is 6.42 Å². The number of hydrogen-bond acceptors (Lipinski definition) is 2. The van der Waals surface area contributed by atoms with Gasteiger partial charge in [0, 0.05) is 6.42 Å². The maximum absolute atomic E-state index is 10.0. The lowest BCUT2D eigenvalue weighted by atomic mass is 10.00. The molecule has 2 nitrogen and oxygen atoms in total. The van der Waals surface area contributed by atoms with Gasteiger partial charge in [0.2, 0.25) is 0 Å². The van der Waals surface area contributed by atoms with E-state index < -0.39 is 0 Å². The highest BCUT2D eigenvalue weighted by Gasteiger charge is 2.15. The van der Waals surface area contributed by atoms with Gasteiger partial charge < -0.3 is 9.84 Å². The van der Waals surface area contributed by atoms with Crippen molar-refractivity contribution in [2.45, 2.75) is 32.3 Å². The van der Waals surface area contributed by atoms with Crippen molar-refractivity contribution in [3.05, 3.63) is 41.5 Å². The number of ether oxygens (including phenoxy) is 1. The largest absolute Gasteiger partial charge is 0.493 e. The Kier molecular flexibility index (Phi) is 3.30. The van der Waals surface area contributed by atoms with E-state index >= 15 is 0 Å². The van der Waals surface area contributed by atoms with Crippen molar-refractivity contribution in [2.24, 2.45) is 0 Å². The van der Waals surface area contributed by atoms with Crippen LogP contribution in [0.1, 0.15) is 37.0 Å². The molecule has 2 heteroatoms. The highest BCUT2D eigenvalue weighted by Crippen LogP contribution is 2.29. The van der Waals surface area contributed by atoms with Gasteiger partial charge in [-0.3, -0.25) is 0 Å². The zero-order chi connectivity index (χ0) is 11.5. The molecule has 1 heterocycles. The van der Waals surface area contributed by atoms with Crippen molar-refractivity contribution in [3.63, 3.8) is 0 Å². The molecule has 0 saturated carbocycles. The van der Waals surface area contributed by atoms with Crippen molar-refractivity contribution in [1.29, 1.82) is 0 Å². The lowest BCUT2D eigenvalue weighted by molar-refractivity contribution is 0.167. The maximum Gasteiger partial charge on any atom is 0.122 e. The molecule has 0 amide bonds. The summed E-state index contributed by atoms with van der Waals surface area (Å²) in [5.74, 6) is 0.968. The van der Waals surface area contributed by atoms with E-state index in [1.165, 1.54) is 5.56 Å². The second kappa shape index (κ2) is 4.71. The topological polar surface area (TPSA) is 29.5 Å². The molecule has 0 saturated heterocycles. The van der Waals surface area contributed by atoms with E-state index in [0.29, 0.717) is 0 Å². The SMILES string of the molecule is C=C(C)CCC(O)c1ccc2c(c1)CCO2. The van der Waals surface area contributed by atoms with Crippen LogP contribution in [0.4, 0.5) is 0 Å². The summed E-state index contributed by atoms with van der Waals surface area (Å²) < 4.78 is 5.44. The fraction of sp³-hybridized carbons (Fsp3) is 0.429. The van der Waals surface area contributed by atoms with Crippen molar-refractivity contribution in [2.75, 3.05) is 6.61 Å². The molecular formula is C14H18O2. The molecule has 86 valence electrons. The molecule has 0 fully saturated rings. The molecule has 1 aliphatic rings. The first-order chi connectivity index (χ1) is 7.66. The Bertz CT molecular complexity index is 396. The van der Waals surface area contributed by atoms with Crippen molar-refractivity contribution < 1.29 is 9.84 Å². The van der Waals surface area contributed by atoms with Gasteiger partial charge in [-0.15, -0.1) is 6.58 Å². The first kappa shape index (κ1) is 11.2. The van der Waals surface area contributed by atoms with Crippen LogP contribution in [0.2, 0.25) is 0 Å². The summed E-state index contributed by atoms with van der Waals surface area (Å²) in [7, 11) is 0. The number of hydrogen-bond donors (Lipinski definition) is 1. The molecule has 0 spiro atoms. The fourth-order valence-electron chi connectivity index (χ4n) is 1.96. The standard InChI is InChI=1S/C14H18O2/c1-10(2)3-5-13(15)11-4-6-14-12(9-11)7-8-16-14/h4,6,9,13,15H,1,3,5,7-8H2,2H3. The Labute approximate surface area is 96.6 Å². The molecule has 1 aliphatic heterocycles. The third-order valence-electron chi connectivity index (χ3n) is 2.94. The first-order valence-electron chi connectivity index (χ1n) is 5.75. The van der Waals surface area contributed by atoms with E-state index in [1.54, 1.807) is 0 Å². The molecule has 0 aromatic heterocycles. The molecule has 0 bridgehead atoms. The van der Waals surface area contributed by atoms with Crippen LogP contribution < -0.4 is 4.74 Å². The summed E-state index contributed by atoms with van der Waals surface area (Å²) >= 11 is 0. The predicted molar refractivity (Wildman–Crippen MR) is 64.6 cm³/mol. The summed E-state index contributed by atoms with van der Waals surface area (Å²) in [6, 6.07) is 5.97. The molecule has 1 aromatic carbocycles. The van der Waals surface area contributed by atoms with Crippen LogP contribution in [0.3, 0.4) is 0 Å². The average Bonchev–Trinajstić information content (AvgIpc) is 2.72. The molecule has 16 heavy (non-hydrogen) atoms. The molecule has 0 aliphatic carbocycles. The lowest BCUT2D eigenvalue weighted by Gasteiger charge is -2.12. The Balaban J connectivity index is 2.06. The minimum Gasteiger partial charge on any atom is -0.493 e. The van der Waals surface area contributed by atoms with Gasteiger partial charge in [0.05, 0.1) is 12.7 Å². The second-order valence-electron chi connectivity index (χ2n) is 4.48.